The summed E-state index contributed by atoms with van der Waals surface area (Å²) >= 11 is 14.2. The SMILES string of the molecule is O=C1[C@H]2[C@H](C(=O)N1c1cccc(Cl)c1)C1(Br)c3ccccc3C2(Br)c2ccccc21. The lowest BCUT2D eigenvalue weighted by Gasteiger charge is -2.55. The number of hydrogen-bond acceptors (Lipinski definition) is 2. The molecule has 0 saturated carbocycles. The summed E-state index contributed by atoms with van der Waals surface area (Å²) < 4.78 is -1.55. The Balaban J connectivity index is 1.67. The lowest BCUT2D eigenvalue weighted by Crippen LogP contribution is -2.56. The summed E-state index contributed by atoms with van der Waals surface area (Å²) in [7, 11) is 0. The molecule has 148 valence electrons. The Kier molecular flexibility index (Phi) is 3.79. The zero-order valence-electron chi connectivity index (χ0n) is 15.5. The van der Waals surface area contributed by atoms with Crippen LogP contribution in [0.15, 0.2) is 72.8 Å². The molecule has 2 bridgehead atoms. The number of rotatable bonds is 1. The average molecular weight is 544 g/mol. The third-order valence-corrected chi connectivity index (χ3v) is 9.58. The quantitative estimate of drug-likeness (QED) is 0.290. The van der Waals surface area contributed by atoms with Crippen LogP contribution in [0.4, 0.5) is 5.69 Å². The summed E-state index contributed by atoms with van der Waals surface area (Å²) in [4.78, 5) is 29.0. The predicted octanol–water partition coefficient (Wildman–Crippen LogP) is 5.75. The number of imide groups is 1. The lowest BCUT2D eigenvalue weighted by atomic mass is 9.54. The van der Waals surface area contributed by atoms with Crippen LogP contribution in [0.3, 0.4) is 0 Å². The van der Waals surface area contributed by atoms with Gasteiger partial charge in [-0.2, -0.15) is 0 Å². The molecule has 1 aliphatic heterocycles. The van der Waals surface area contributed by atoms with Gasteiger partial charge in [0.15, 0.2) is 0 Å². The van der Waals surface area contributed by atoms with Crippen molar-refractivity contribution in [3.63, 3.8) is 0 Å². The molecule has 4 aliphatic rings. The summed E-state index contributed by atoms with van der Waals surface area (Å²) in [6, 6.07) is 23.0. The van der Waals surface area contributed by atoms with Crippen molar-refractivity contribution in [2.75, 3.05) is 4.90 Å². The first-order valence-corrected chi connectivity index (χ1v) is 11.6. The first-order chi connectivity index (χ1) is 14.4. The van der Waals surface area contributed by atoms with Crippen molar-refractivity contribution in [1.82, 2.24) is 0 Å². The standard InChI is InChI=1S/C24H14Br2ClNO2/c25-23-15-8-1-2-9-16(15)24(26,18-11-4-3-10-17(18)23)20-19(23)21(29)28(22(20)30)14-7-5-6-13(27)12-14/h1-12,19-20H/t19-,20-,23?,24?/m1/s1. The number of carbonyl (C=O) groups is 2. The molecule has 0 unspecified atom stereocenters. The van der Waals surface area contributed by atoms with Gasteiger partial charge < -0.3 is 0 Å². The Morgan fingerprint density at radius 1 is 0.700 bits per heavy atom. The van der Waals surface area contributed by atoms with Gasteiger partial charge in [-0.05, 0) is 40.5 Å². The molecular formula is C24H14Br2ClNO2. The van der Waals surface area contributed by atoms with Crippen molar-refractivity contribution in [2.45, 2.75) is 8.65 Å². The Hall–Kier alpha value is -1.95. The molecule has 3 aromatic carbocycles. The van der Waals surface area contributed by atoms with Crippen molar-refractivity contribution < 1.29 is 9.59 Å². The highest BCUT2D eigenvalue weighted by Crippen LogP contribution is 2.70. The fourth-order valence-electron chi connectivity index (χ4n) is 5.54. The highest BCUT2D eigenvalue weighted by atomic mass is 79.9. The molecule has 0 aromatic heterocycles. The molecule has 2 atom stereocenters. The second kappa shape index (κ2) is 6.06. The maximum Gasteiger partial charge on any atom is 0.239 e. The van der Waals surface area contributed by atoms with E-state index in [1.807, 2.05) is 48.5 Å². The zero-order valence-corrected chi connectivity index (χ0v) is 19.4. The van der Waals surface area contributed by atoms with E-state index in [-0.39, 0.29) is 11.8 Å². The summed E-state index contributed by atoms with van der Waals surface area (Å²) in [5.41, 5.74) is 4.60. The van der Waals surface area contributed by atoms with E-state index in [1.165, 1.54) is 4.90 Å². The average Bonchev–Trinajstić information content (AvgIpc) is 3.03. The molecule has 6 heteroatoms. The van der Waals surface area contributed by atoms with Crippen molar-refractivity contribution in [2.24, 2.45) is 11.8 Å². The largest absolute Gasteiger partial charge is 0.274 e. The van der Waals surface area contributed by atoms with Crippen molar-refractivity contribution in [1.29, 1.82) is 0 Å². The van der Waals surface area contributed by atoms with Gasteiger partial charge >= 0.3 is 0 Å². The van der Waals surface area contributed by atoms with Crippen molar-refractivity contribution in [3.8, 4) is 0 Å². The minimum atomic E-state index is -0.777. The van der Waals surface area contributed by atoms with Crippen LogP contribution < -0.4 is 4.90 Å². The van der Waals surface area contributed by atoms with Gasteiger partial charge in [-0.3, -0.25) is 9.59 Å². The minimum Gasteiger partial charge on any atom is -0.274 e. The van der Waals surface area contributed by atoms with Gasteiger partial charge in [-0.25, -0.2) is 4.90 Å². The number of nitrogens with zero attached hydrogens (tertiary/aromatic N) is 1. The molecule has 0 radical (unpaired) electrons. The Bertz CT molecular complexity index is 1150. The van der Waals surface area contributed by atoms with Crippen LogP contribution in [0, 0.1) is 11.8 Å². The Labute approximate surface area is 195 Å². The van der Waals surface area contributed by atoms with E-state index >= 15 is 0 Å². The first kappa shape index (κ1) is 18.8. The van der Waals surface area contributed by atoms with Gasteiger partial charge in [-0.15, -0.1) is 0 Å². The maximum absolute atomic E-state index is 13.8. The molecule has 7 rings (SSSR count). The van der Waals surface area contributed by atoms with E-state index in [0.29, 0.717) is 10.7 Å². The second-order valence-electron chi connectivity index (χ2n) is 7.96. The zero-order chi connectivity index (χ0) is 20.8. The third-order valence-electron chi connectivity index (χ3n) is 6.65. The van der Waals surface area contributed by atoms with Gasteiger partial charge in [0.05, 0.1) is 26.2 Å². The summed E-state index contributed by atoms with van der Waals surface area (Å²) in [6.45, 7) is 0. The number of carbonyl (C=O) groups excluding carboxylic acids is 2. The smallest absolute Gasteiger partial charge is 0.239 e. The van der Waals surface area contributed by atoms with Crippen LogP contribution in [-0.2, 0) is 18.2 Å². The number of amides is 2. The molecule has 0 N–H and O–H groups in total. The van der Waals surface area contributed by atoms with Gasteiger partial charge in [0, 0.05) is 5.02 Å². The van der Waals surface area contributed by atoms with Gasteiger partial charge in [0.25, 0.3) is 0 Å². The summed E-state index contributed by atoms with van der Waals surface area (Å²) in [6.07, 6.45) is 0. The molecule has 2 amide bonds. The predicted molar refractivity (Wildman–Crippen MR) is 123 cm³/mol. The van der Waals surface area contributed by atoms with E-state index in [4.69, 9.17) is 11.6 Å². The minimum absolute atomic E-state index is 0.211. The fraction of sp³-hybridized carbons (Fsp3) is 0.167. The molecule has 1 saturated heterocycles. The molecule has 3 aliphatic carbocycles. The molecular weight excluding hydrogens is 530 g/mol. The monoisotopic (exact) mass is 541 g/mol. The van der Waals surface area contributed by atoms with Gasteiger partial charge in [0.1, 0.15) is 0 Å². The highest BCUT2D eigenvalue weighted by Gasteiger charge is 2.72. The summed E-state index contributed by atoms with van der Waals surface area (Å²) in [5.74, 6) is -1.57. The van der Waals surface area contributed by atoms with Crippen molar-refractivity contribution >= 4 is 61.0 Å². The summed E-state index contributed by atoms with van der Waals surface area (Å²) in [5, 5.41) is 0.486. The molecule has 30 heavy (non-hydrogen) atoms. The fourth-order valence-corrected chi connectivity index (χ4v) is 8.02. The third kappa shape index (κ3) is 2.02. The highest BCUT2D eigenvalue weighted by molar-refractivity contribution is 9.10. The first-order valence-electron chi connectivity index (χ1n) is 9.61. The van der Waals surface area contributed by atoms with Gasteiger partial charge in [0.2, 0.25) is 11.8 Å². The second-order valence-corrected chi connectivity index (χ2v) is 10.9. The van der Waals surface area contributed by atoms with Crippen LogP contribution in [0.2, 0.25) is 5.02 Å². The molecule has 1 heterocycles. The molecule has 3 nitrogen and oxygen atoms in total. The number of halogens is 3. The van der Waals surface area contributed by atoms with E-state index in [2.05, 4.69) is 31.9 Å². The maximum atomic E-state index is 13.8. The van der Waals surface area contributed by atoms with E-state index < -0.39 is 20.5 Å². The van der Waals surface area contributed by atoms with Crippen LogP contribution in [0.5, 0.6) is 0 Å². The molecule has 3 aromatic rings. The Morgan fingerprint density at radius 2 is 1.13 bits per heavy atom. The number of benzene rings is 3. The Morgan fingerprint density at radius 3 is 1.53 bits per heavy atom. The van der Waals surface area contributed by atoms with Crippen LogP contribution in [0.25, 0.3) is 0 Å². The van der Waals surface area contributed by atoms with E-state index in [1.54, 1.807) is 24.3 Å². The lowest BCUT2D eigenvalue weighted by molar-refractivity contribution is -0.122. The van der Waals surface area contributed by atoms with E-state index in [9.17, 15) is 9.59 Å². The van der Waals surface area contributed by atoms with E-state index in [0.717, 1.165) is 22.3 Å². The number of alkyl halides is 2. The normalized spacial score (nSPS) is 30.8. The topological polar surface area (TPSA) is 37.4 Å². The van der Waals surface area contributed by atoms with Gasteiger partial charge in [-0.1, -0.05) is 98.1 Å². The molecule has 1 fully saturated rings. The van der Waals surface area contributed by atoms with Crippen LogP contribution in [0.1, 0.15) is 22.3 Å². The number of hydrogen-bond donors (Lipinski definition) is 0. The van der Waals surface area contributed by atoms with Crippen LogP contribution in [-0.4, -0.2) is 11.8 Å². The van der Waals surface area contributed by atoms with Crippen LogP contribution >= 0.6 is 43.5 Å². The van der Waals surface area contributed by atoms with Crippen molar-refractivity contribution in [3.05, 3.63) is 100 Å². The number of anilines is 1. The molecule has 0 spiro atoms.